The number of carbonyl (C=O) groups excluding carboxylic acids is 4. The van der Waals surface area contributed by atoms with E-state index in [-0.39, 0.29) is 12.8 Å². The van der Waals surface area contributed by atoms with Crippen molar-refractivity contribution < 1.29 is 28.7 Å². The van der Waals surface area contributed by atoms with Gasteiger partial charge in [0.15, 0.2) is 10.8 Å². The molecule has 6 nitrogen and oxygen atoms in total. The fraction of sp³-hybridized carbons (Fsp3) is 0.400. The molecular formula is C10H6O6. The summed E-state index contributed by atoms with van der Waals surface area (Å²) in [7, 11) is 0. The normalized spacial score (nSPS) is 40.5. The summed E-state index contributed by atoms with van der Waals surface area (Å²) in [6.45, 7) is 0. The first-order valence-electron chi connectivity index (χ1n) is 4.74. The Hall–Kier alpha value is -1.98. The molecule has 0 aromatic rings. The molecule has 2 fully saturated rings. The van der Waals surface area contributed by atoms with E-state index in [1.54, 1.807) is 12.2 Å². The van der Waals surface area contributed by atoms with Gasteiger partial charge < -0.3 is 9.47 Å². The quantitative estimate of drug-likeness (QED) is 0.311. The summed E-state index contributed by atoms with van der Waals surface area (Å²) in [6, 6.07) is 0. The van der Waals surface area contributed by atoms with Gasteiger partial charge in [-0.3, -0.25) is 19.2 Å². The summed E-state index contributed by atoms with van der Waals surface area (Å²) in [5.41, 5.74) is -3.54. The van der Waals surface area contributed by atoms with Crippen molar-refractivity contribution in [2.24, 2.45) is 10.8 Å². The van der Waals surface area contributed by atoms with Gasteiger partial charge in [-0.25, -0.2) is 0 Å². The van der Waals surface area contributed by atoms with Crippen molar-refractivity contribution in [1.29, 1.82) is 0 Å². The SMILES string of the molecule is O=C1OC(=O)C23CC=CCC12C(=O)OC3=O. The Labute approximate surface area is 89.2 Å². The lowest BCUT2D eigenvalue weighted by molar-refractivity contribution is -0.166. The molecular weight excluding hydrogens is 216 g/mol. The van der Waals surface area contributed by atoms with Gasteiger partial charge in [-0.05, 0) is 12.8 Å². The molecule has 0 saturated carbocycles. The predicted octanol–water partition coefficient (Wildman–Crippen LogP) is -0.524. The van der Waals surface area contributed by atoms with Crippen LogP contribution in [0.2, 0.25) is 0 Å². The van der Waals surface area contributed by atoms with Crippen molar-refractivity contribution in [3.05, 3.63) is 12.2 Å². The molecule has 2 heterocycles. The van der Waals surface area contributed by atoms with Crippen LogP contribution >= 0.6 is 0 Å². The number of rotatable bonds is 0. The van der Waals surface area contributed by atoms with Crippen molar-refractivity contribution in [2.45, 2.75) is 12.8 Å². The van der Waals surface area contributed by atoms with Gasteiger partial charge in [0, 0.05) is 0 Å². The molecule has 1 aliphatic carbocycles. The van der Waals surface area contributed by atoms with Gasteiger partial charge in [-0.1, -0.05) is 12.2 Å². The van der Waals surface area contributed by atoms with Gasteiger partial charge in [0.25, 0.3) is 0 Å². The van der Waals surface area contributed by atoms with Crippen LogP contribution in [0, 0.1) is 10.8 Å². The van der Waals surface area contributed by atoms with E-state index in [4.69, 9.17) is 0 Å². The number of allylic oxidation sites excluding steroid dienone is 2. The number of hydrogen-bond acceptors (Lipinski definition) is 6. The minimum absolute atomic E-state index is 0.0256. The summed E-state index contributed by atoms with van der Waals surface area (Å²) in [4.78, 5) is 46.6. The molecule has 82 valence electrons. The number of carbonyl (C=O) groups is 4. The number of hydrogen-bond donors (Lipinski definition) is 0. The molecule has 0 aromatic carbocycles. The van der Waals surface area contributed by atoms with Crippen LogP contribution in [0.1, 0.15) is 12.8 Å². The standard InChI is InChI=1S/C10H6O6/c11-5-9-3-1-2-4-10(9,7(13)15-5)8(14)16-6(9)12/h1-2H,3-4H2. The van der Waals surface area contributed by atoms with E-state index >= 15 is 0 Å². The van der Waals surface area contributed by atoms with Gasteiger partial charge in [0.05, 0.1) is 0 Å². The van der Waals surface area contributed by atoms with E-state index in [1.807, 2.05) is 0 Å². The van der Waals surface area contributed by atoms with E-state index in [9.17, 15) is 19.2 Å². The maximum atomic E-state index is 11.6. The van der Waals surface area contributed by atoms with Crippen LogP contribution in [-0.2, 0) is 28.7 Å². The van der Waals surface area contributed by atoms with Gasteiger partial charge in [-0.2, -0.15) is 0 Å². The third-order valence-corrected chi connectivity index (χ3v) is 3.51. The van der Waals surface area contributed by atoms with Crippen LogP contribution in [0.4, 0.5) is 0 Å². The van der Waals surface area contributed by atoms with Crippen LogP contribution in [0.3, 0.4) is 0 Å². The zero-order chi connectivity index (χ0) is 11.6. The highest BCUT2D eigenvalue weighted by atomic mass is 16.6. The Morgan fingerprint density at radius 1 is 0.750 bits per heavy atom. The lowest BCUT2D eigenvalue weighted by atomic mass is 9.60. The number of cyclic esters (lactones) is 4. The monoisotopic (exact) mass is 222 g/mol. The van der Waals surface area contributed by atoms with Gasteiger partial charge in [-0.15, -0.1) is 0 Å². The topological polar surface area (TPSA) is 86.7 Å². The van der Waals surface area contributed by atoms with Crippen LogP contribution < -0.4 is 0 Å². The second-order valence-electron chi connectivity index (χ2n) is 4.04. The van der Waals surface area contributed by atoms with E-state index in [1.165, 1.54) is 0 Å². The molecule has 0 N–H and O–H groups in total. The predicted molar refractivity (Wildman–Crippen MR) is 45.4 cm³/mol. The average molecular weight is 222 g/mol. The van der Waals surface area contributed by atoms with Crippen LogP contribution in [0.5, 0.6) is 0 Å². The minimum Gasteiger partial charge on any atom is -0.391 e. The molecule has 6 heteroatoms. The Morgan fingerprint density at radius 3 is 1.38 bits per heavy atom. The highest BCUT2D eigenvalue weighted by molar-refractivity contribution is 6.27. The fourth-order valence-corrected chi connectivity index (χ4v) is 2.58. The fourth-order valence-electron chi connectivity index (χ4n) is 2.58. The largest absolute Gasteiger partial charge is 0.391 e. The highest BCUT2D eigenvalue weighted by Gasteiger charge is 2.81. The maximum absolute atomic E-state index is 11.6. The minimum atomic E-state index is -1.77. The van der Waals surface area contributed by atoms with Gasteiger partial charge in [0.1, 0.15) is 0 Å². The van der Waals surface area contributed by atoms with Crippen molar-refractivity contribution in [3.8, 4) is 0 Å². The third-order valence-electron chi connectivity index (χ3n) is 3.51. The first-order valence-corrected chi connectivity index (χ1v) is 4.74. The van der Waals surface area contributed by atoms with Crippen molar-refractivity contribution in [2.75, 3.05) is 0 Å². The van der Waals surface area contributed by atoms with Crippen LogP contribution in [-0.4, -0.2) is 23.9 Å². The molecule has 0 bridgehead atoms. The van der Waals surface area contributed by atoms with Gasteiger partial charge in [0.2, 0.25) is 0 Å². The Bertz CT molecular complexity index is 414. The highest BCUT2D eigenvalue weighted by Crippen LogP contribution is 2.59. The second kappa shape index (κ2) is 2.40. The summed E-state index contributed by atoms with van der Waals surface area (Å²) < 4.78 is 8.92. The molecule has 0 spiro atoms. The Kier molecular flexibility index (Phi) is 1.39. The van der Waals surface area contributed by atoms with E-state index in [0.29, 0.717) is 0 Å². The van der Waals surface area contributed by atoms with Gasteiger partial charge >= 0.3 is 23.9 Å². The maximum Gasteiger partial charge on any atom is 0.333 e. The van der Waals surface area contributed by atoms with Crippen molar-refractivity contribution >= 4 is 23.9 Å². The molecule has 0 unspecified atom stereocenters. The van der Waals surface area contributed by atoms with Crippen molar-refractivity contribution in [1.82, 2.24) is 0 Å². The molecule has 0 atom stereocenters. The van der Waals surface area contributed by atoms with E-state index in [2.05, 4.69) is 9.47 Å². The van der Waals surface area contributed by atoms with Crippen LogP contribution in [0.25, 0.3) is 0 Å². The lowest BCUT2D eigenvalue weighted by Gasteiger charge is -2.28. The van der Waals surface area contributed by atoms with Crippen LogP contribution in [0.15, 0.2) is 12.2 Å². The molecule has 0 aromatic heterocycles. The zero-order valence-electron chi connectivity index (χ0n) is 8.02. The smallest absolute Gasteiger partial charge is 0.333 e. The summed E-state index contributed by atoms with van der Waals surface area (Å²) >= 11 is 0. The molecule has 2 saturated heterocycles. The first-order chi connectivity index (χ1) is 7.55. The molecule has 0 amide bonds. The summed E-state index contributed by atoms with van der Waals surface area (Å²) in [5, 5.41) is 0. The second-order valence-corrected chi connectivity index (χ2v) is 4.04. The summed E-state index contributed by atoms with van der Waals surface area (Å²) in [5.74, 6) is -3.90. The molecule has 0 radical (unpaired) electrons. The molecule has 3 rings (SSSR count). The lowest BCUT2D eigenvalue weighted by Crippen LogP contribution is -2.48. The zero-order valence-corrected chi connectivity index (χ0v) is 8.02. The molecule has 16 heavy (non-hydrogen) atoms. The van der Waals surface area contributed by atoms with Crippen molar-refractivity contribution in [3.63, 3.8) is 0 Å². The number of ether oxygens (including phenoxy) is 2. The number of esters is 4. The third kappa shape index (κ3) is 0.633. The van der Waals surface area contributed by atoms with E-state index in [0.717, 1.165) is 0 Å². The van der Waals surface area contributed by atoms with E-state index < -0.39 is 34.7 Å². The average Bonchev–Trinajstić information content (AvgIpc) is 2.63. The molecule has 2 aliphatic heterocycles. The molecule has 3 aliphatic rings. The first kappa shape index (κ1) is 9.26. The Balaban J connectivity index is 2.35. The Morgan fingerprint density at radius 2 is 1.06 bits per heavy atom. The summed E-state index contributed by atoms with van der Waals surface area (Å²) in [6.07, 6.45) is 3.11.